The average molecular weight is 346 g/mol. The maximum Gasteiger partial charge on any atom is 0.283 e. The monoisotopic (exact) mass is 345 g/mol. The lowest BCUT2D eigenvalue weighted by molar-refractivity contribution is -0.385. The molecular formula is C15H12BrN3O2. The summed E-state index contributed by atoms with van der Waals surface area (Å²) in [4.78, 5) is 15.1. The zero-order chi connectivity index (χ0) is 15.0. The van der Waals surface area contributed by atoms with Gasteiger partial charge in [0.2, 0.25) is 0 Å². The molecule has 21 heavy (non-hydrogen) atoms. The van der Waals surface area contributed by atoms with Crippen molar-refractivity contribution in [1.29, 1.82) is 0 Å². The zero-order valence-electron chi connectivity index (χ0n) is 11.3. The van der Waals surface area contributed by atoms with Crippen LogP contribution in [0.5, 0.6) is 0 Å². The minimum Gasteiger partial charge on any atom is -0.324 e. The molecule has 3 aromatic rings. The molecule has 0 spiro atoms. The quantitative estimate of drug-likeness (QED) is 0.531. The molecule has 6 heteroatoms. The largest absolute Gasteiger partial charge is 0.324 e. The highest BCUT2D eigenvalue weighted by molar-refractivity contribution is 9.10. The first-order chi connectivity index (χ1) is 10.1. The van der Waals surface area contributed by atoms with Gasteiger partial charge in [0, 0.05) is 12.6 Å². The second kappa shape index (κ2) is 5.29. The number of nitro benzene ring substituents is 1. The van der Waals surface area contributed by atoms with Crippen LogP contribution < -0.4 is 0 Å². The van der Waals surface area contributed by atoms with Gasteiger partial charge < -0.3 is 4.57 Å². The Bertz CT molecular complexity index is 842. The zero-order valence-corrected chi connectivity index (χ0v) is 12.9. The molecule has 1 aromatic heterocycles. The molecule has 0 amide bonds. The van der Waals surface area contributed by atoms with E-state index in [9.17, 15) is 10.1 Å². The van der Waals surface area contributed by atoms with Crippen molar-refractivity contribution in [3.05, 3.63) is 68.4 Å². The molecule has 3 rings (SSSR count). The Labute approximate surface area is 129 Å². The summed E-state index contributed by atoms with van der Waals surface area (Å²) >= 11 is 3.20. The molecule has 0 radical (unpaired) electrons. The fourth-order valence-corrected chi connectivity index (χ4v) is 2.77. The Morgan fingerprint density at radius 1 is 1.29 bits per heavy atom. The first-order valence-corrected chi connectivity index (χ1v) is 7.20. The number of halogens is 1. The van der Waals surface area contributed by atoms with E-state index in [1.54, 1.807) is 12.1 Å². The van der Waals surface area contributed by atoms with Gasteiger partial charge in [0.25, 0.3) is 5.69 Å². The lowest BCUT2D eigenvalue weighted by Gasteiger charge is -2.07. The van der Waals surface area contributed by atoms with Crippen LogP contribution in [0, 0.1) is 17.0 Å². The Morgan fingerprint density at radius 2 is 2.05 bits per heavy atom. The van der Waals surface area contributed by atoms with Gasteiger partial charge in [-0.15, -0.1) is 0 Å². The van der Waals surface area contributed by atoms with Crippen molar-refractivity contribution in [2.24, 2.45) is 0 Å². The van der Waals surface area contributed by atoms with E-state index in [1.807, 2.05) is 37.3 Å². The standard InChI is InChI=1S/C15H12BrN3O2/c1-10-17-13-4-2-3-5-14(13)18(10)9-11-6-7-12(16)15(8-11)19(20)21/h2-8H,9H2,1H3. The summed E-state index contributed by atoms with van der Waals surface area (Å²) in [5.74, 6) is 0.891. The lowest BCUT2D eigenvalue weighted by atomic mass is 10.2. The maximum atomic E-state index is 11.0. The summed E-state index contributed by atoms with van der Waals surface area (Å²) in [6.07, 6.45) is 0. The molecule has 0 unspecified atom stereocenters. The smallest absolute Gasteiger partial charge is 0.283 e. The van der Waals surface area contributed by atoms with Gasteiger partial charge in [-0.2, -0.15) is 0 Å². The fourth-order valence-electron chi connectivity index (χ4n) is 2.37. The topological polar surface area (TPSA) is 61.0 Å². The van der Waals surface area contributed by atoms with Crippen molar-refractivity contribution in [1.82, 2.24) is 9.55 Å². The third-order valence-corrected chi connectivity index (χ3v) is 4.06. The highest BCUT2D eigenvalue weighted by Crippen LogP contribution is 2.26. The van der Waals surface area contributed by atoms with Gasteiger partial charge >= 0.3 is 0 Å². The molecule has 1 heterocycles. The number of benzene rings is 2. The predicted molar refractivity (Wildman–Crippen MR) is 84.4 cm³/mol. The highest BCUT2D eigenvalue weighted by Gasteiger charge is 2.14. The first-order valence-electron chi connectivity index (χ1n) is 6.41. The molecule has 0 aliphatic rings. The summed E-state index contributed by atoms with van der Waals surface area (Å²) in [6, 6.07) is 13.1. The number of nitrogens with zero attached hydrogens (tertiary/aromatic N) is 3. The number of aryl methyl sites for hydroxylation is 1. The van der Waals surface area contributed by atoms with Crippen LogP contribution in [0.2, 0.25) is 0 Å². The van der Waals surface area contributed by atoms with Crippen LogP contribution in [-0.4, -0.2) is 14.5 Å². The highest BCUT2D eigenvalue weighted by atomic mass is 79.9. The third kappa shape index (κ3) is 2.54. The van der Waals surface area contributed by atoms with Gasteiger partial charge in [-0.3, -0.25) is 10.1 Å². The third-order valence-electron chi connectivity index (χ3n) is 3.39. The molecular weight excluding hydrogens is 334 g/mol. The fraction of sp³-hybridized carbons (Fsp3) is 0.133. The van der Waals surface area contributed by atoms with Crippen molar-refractivity contribution in [3.8, 4) is 0 Å². The van der Waals surface area contributed by atoms with Gasteiger partial charge in [-0.1, -0.05) is 18.2 Å². The number of hydrogen-bond acceptors (Lipinski definition) is 3. The molecule has 5 nitrogen and oxygen atoms in total. The van der Waals surface area contributed by atoms with E-state index in [2.05, 4.69) is 25.5 Å². The second-order valence-corrected chi connectivity index (χ2v) is 5.63. The van der Waals surface area contributed by atoms with Gasteiger partial charge in [0.1, 0.15) is 5.82 Å². The molecule has 106 valence electrons. The number of para-hydroxylation sites is 2. The molecule has 0 atom stereocenters. The molecule has 2 aromatic carbocycles. The Morgan fingerprint density at radius 3 is 2.81 bits per heavy atom. The lowest BCUT2D eigenvalue weighted by Crippen LogP contribution is -2.02. The second-order valence-electron chi connectivity index (χ2n) is 4.78. The van der Waals surface area contributed by atoms with Crippen LogP contribution in [0.4, 0.5) is 5.69 Å². The van der Waals surface area contributed by atoms with E-state index < -0.39 is 0 Å². The molecule has 0 saturated carbocycles. The van der Waals surface area contributed by atoms with E-state index in [1.165, 1.54) is 0 Å². The number of nitro groups is 1. The average Bonchev–Trinajstić information content (AvgIpc) is 2.77. The van der Waals surface area contributed by atoms with Gasteiger partial charge in [-0.25, -0.2) is 4.98 Å². The number of rotatable bonds is 3. The minimum absolute atomic E-state index is 0.0783. The maximum absolute atomic E-state index is 11.0. The van der Waals surface area contributed by atoms with E-state index in [4.69, 9.17) is 0 Å². The normalized spacial score (nSPS) is 11.0. The van der Waals surface area contributed by atoms with E-state index in [-0.39, 0.29) is 10.6 Å². The molecule has 0 saturated heterocycles. The van der Waals surface area contributed by atoms with Gasteiger partial charge in [0.05, 0.1) is 20.4 Å². The number of fused-ring (bicyclic) bond motifs is 1. The molecule has 0 fully saturated rings. The van der Waals surface area contributed by atoms with Crippen LogP contribution in [0.1, 0.15) is 11.4 Å². The minimum atomic E-state index is -0.382. The van der Waals surface area contributed by atoms with Crippen molar-refractivity contribution in [3.63, 3.8) is 0 Å². The van der Waals surface area contributed by atoms with Crippen LogP contribution in [0.15, 0.2) is 46.9 Å². The van der Waals surface area contributed by atoms with Crippen LogP contribution in [-0.2, 0) is 6.54 Å². The Hall–Kier alpha value is -2.21. The van der Waals surface area contributed by atoms with Crippen LogP contribution >= 0.6 is 15.9 Å². The summed E-state index contributed by atoms with van der Waals surface area (Å²) in [6.45, 7) is 2.49. The summed E-state index contributed by atoms with van der Waals surface area (Å²) < 4.78 is 2.55. The summed E-state index contributed by atoms with van der Waals surface area (Å²) in [5, 5.41) is 11.0. The van der Waals surface area contributed by atoms with E-state index in [0.29, 0.717) is 11.0 Å². The summed E-state index contributed by atoms with van der Waals surface area (Å²) in [7, 11) is 0. The molecule has 0 aliphatic heterocycles. The van der Waals surface area contributed by atoms with Crippen molar-refractivity contribution < 1.29 is 4.92 Å². The van der Waals surface area contributed by atoms with Crippen LogP contribution in [0.25, 0.3) is 11.0 Å². The molecule has 0 N–H and O–H groups in total. The summed E-state index contributed by atoms with van der Waals surface area (Å²) in [5.41, 5.74) is 2.91. The molecule has 0 bridgehead atoms. The van der Waals surface area contributed by atoms with Crippen molar-refractivity contribution in [2.45, 2.75) is 13.5 Å². The van der Waals surface area contributed by atoms with Crippen molar-refractivity contribution >= 4 is 32.7 Å². The van der Waals surface area contributed by atoms with Crippen LogP contribution in [0.3, 0.4) is 0 Å². The first kappa shape index (κ1) is 13.8. The Balaban J connectivity index is 2.05. The predicted octanol–water partition coefficient (Wildman–Crippen LogP) is 4.06. The Kier molecular flexibility index (Phi) is 3.47. The number of aromatic nitrogens is 2. The van der Waals surface area contributed by atoms with Gasteiger partial charge in [0.15, 0.2) is 0 Å². The number of imidazole rings is 1. The molecule has 0 aliphatic carbocycles. The van der Waals surface area contributed by atoms with Crippen molar-refractivity contribution in [2.75, 3.05) is 0 Å². The van der Waals surface area contributed by atoms with E-state index in [0.717, 1.165) is 22.4 Å². The van der Waals surface area contributed by atoms with Gasteiger partial charge in [-0.05, 0) is 46.6 Å². The SMILES string of the molecule is Cc1nc2ccccc2n1Cc1ccc(Br)c([N+](=O)[O-])c1. The number of hydrogen-bond donors (Lipinski definition) is 0. The van der Waals surface area contributed by atoms with E-state index >= 15 is 0 Å².